The van der Waals surface area contributed by atoms with E-state index >= 15 is 0 Å². The van der Waals surface area contributed by atoms with E-state index in [2.05, 4.69) is 9.88 Å². The van der Waals surface area contributed by atoms with Gasteiger partial charge < -0.3 is 10.0 Å². The molecule has 0 aliphatic carbocycles. The number of thioether (sulfide) groups is 1. The van der Waals surface area contributed by atoms with E-state index in [4.69, 9.17) is 0 Å². The van der Waals surface area contributed by atoms with Crippen molar-refractivity contribution in [3.05, 3.63) is 23.9 Å². The predicted octanol–water partition coefficient (Wildman–Crippen LogP) is 1.69. The summed E-state index contributed by atoms with van der Waals surface area (Å²) in [5, 5.41) is 9.66. The number of pyridine rings is 1. The number of hydrogen-bond acceptors (Lipinski definition) is 4. The SMILES string of the molecule is CC(O)c1cccnc1N1CCSCC1. The van der Waals surface area contributed by atoms with E-state index < -0.39 is 6.10 Å². The molecule has 82 valence electrons. The third-order valence-electron chi connectivity index (χ3n) is 2.58. The van der Waals surface area contributed by atoms with Gasteiger partial charge in [0, 0.05) is 36.4 Å². The molecule has 1 aliphatic rings. The van der Waals surface area contributed by atoms with Crippen molar-refractivity contribution in [3.8, 4) is 0 Å². The Morgan fingerprint density at radius 3 is 2.87 bits per heavy atom. The van der Waals surface area contributed by atoms with Gasteiger partial charge in [-0.2, -0.15) is 11.8 Å². The first-order chi connectivity index (χ1) is 7.29. The number of aromatic nitrogens is 1. The minimum Gasteiger partial charge on any atom is -0.389 e. The molecule has 1 N–H and O–H groups in total. The molecule has 1 unspecified atom stereocenters. The van der Waals surface area contributed by atoms with Gasteiger partial charge in [0.1, 0.15) is 5.82 Å². The van der Waals surface area contributed by atoms with Gasteiger partial charge in [-0.1, -0.05) is 6.07 Å². The molecule has 1 aliphatic heterocycles. The molecular weight excluding hydrogens is 208 g/mol. The molecule has 0 radical (unpaired) electrons. The van der Waals surface area contributed by atoms with E-state index in [1.807, 2.05) is 23.9 Å². The van der Waals surface area contributed by atoms with E-state index in [9.17, 15) is 5.11 Å². The van der Waals surface area contributed by atoms with E-state index in [1.165, 1.54) is 0 Å². The third kappa shape index (κ3) is 2.44. The van der Waals surface area contributed by atoms with Crippen LogP contribution in [0.2, 0.25) is 0 Å². The summed E-state index contributed by atoms with van der Waals surface area (Å²) in [6, 6.07) is 3.83. The highest BCUT2D eigenvalue weighted by molar-refractivity contribution is 7.99. The Hall–Kier alpha value is -0.740. The summed E-state index contributed by atoms with van der Waals surface area (Å²) in [5.41, 5.74) is 0.935. The maximum atomic E-state index is 9.66. The second kappa shape index (κ2) is 4.86. The summed E-state index contributed by atoms with van der Waals surface area (Å²) in [4.78, 5) is 6.64. The highest BCUT2D eigenvalue weighted by Crippen LogP contribution is 2.25. The molecule has 1 aromatic heterocycles. The predicted molar refractivity (Wildman–Crippen MR) is 64.4 cm³/mol. The Kier molecular flexibility index (Phi) is 3.49. The summed E-state index contributed by atoms with van der Waals surface area (Å²) in [7, 11) is 0. The zero-order valence-electron chi connectivity index (χ0n) is 8.89. The first kappa shape index (κ1) is 10.8. The summed E-state index contributed by atoms with van der Waals surface area (Å²) < 4.78 is 0. The average molecular weight is 224 g/mol. The molecule has 1 atom stereocenters. The van der Waals surface area contributed by atoms with E-state index in [0.717, 1.165) is 36.0 Å². The summed E-state index contributed by atoms with van der Waals surface area (Å²) >= 11 is 1.98. The lowest BCUT2D eigenvalue weighted by molar-refractivity contribution is 0.199. The average Bonchev–Trinajstić information content (AvgIpc) is 2.30. The van der Waals surface area contributed by atoms with Crippen molar-refractivity contribution in [3.63, 3.8) is 0 Å². The quantitative estimate of drug-likeness (QED) is 0.829. The second-order valence-electron chi connectivity index (χ2n) is 3.69. The molecule has 4 heteroatoms. The van der Waals surface area contributed by atoms with Gasteiger partial charge in [-0.05, 0) is 13.0 Å². The maximum absolute atomic E-state index is 9.66. The van der Waals surface area contributed by atoms with Gasteiger partial charge >= 0.3 is 0 Å². The lowest BCUT2D eigenvalue weighted by Gasteiger charge is -2.29. The second-order valence-corrected chi connectivity index (χ2v) is 4.92. The number of anilines is 1. The zero-order chi connectivity index (χ0) is 10.7. The number of rotatable bonds is 2. The molecule has 15 heavy (non-hydrogen) atoms. The highest BCUT2D eigenvalue weighted by atomic mass is 32.2. The molecule has 2 rings (SSSR count). The van der Waals surface area contributed by atoms with Gasteiger partial charge in [-0.25, -0.2) is 4.98 Å². The first-order valence-electron chi connectivity index (χ1n) is 5.24. The van der Waals surface area contributed by atoms with Crippen molar-refractivity contribution < 1.29 is 5.11 Å². The van der Waals surface area contributed by atoms with Crippen LogP contribution in [-0.2, 0) is 0 Å². The van der Waals surface area contributed by atoms with Crippen molar-refractivity contribution in [2.45, 2.75) is 13.0 Å². The normalized spacial score (nSPS) is 18.9. The smallest absolute Gasteiger partial charge is 0.134 e. The van der Waals surface area contributed by atoms with Crippen molar-refractivity contribution in [2.24, 2.45) is 0 Å². The Bertz CT molecular complexity index is 324. The van der Waals surface area contributed by atoms with E-state index in [0.29, 0.717) is 0 Å². The molecule has 0 saturated carbocycles. The fraction of sp³-hybridized carbons (Fsp3) is 0.545. The van der Waals surface area contributed by atoms with Gasteiger partial charge in [-0.3, -0.25) is 0 Å². The van der Waals surface area contributed by atoms with Gasteiger partial charge in [0.2, 0.25) is 0 Å². The summed E-state index contributed by atoms with van der Waals surface area (Å²) in [5.74, 6) is 3.25. The van der Waals surface area contributed by atoms with Crippen LogP contribution < -0.4 is 4.90 Å². The molecule has 0 amide bonds. The number of nitrogens with zero attached hydrogens (tertiary/aromatic N) is 2. The van der Waals surface area contributed by atoms with Crippen LogP contribution in [0, 0.1) is 0 Å². The van der Waals surface area contributed by atoms with Crippen LogP contribution >= 0.6 is 11.8 Å². The first-order valence-corrected chi connectivity index (χ1v) is 6.40. The molecule has 0 aromatic carbocycles. The highest BCUT2D eigenvalue weighted by Gasteiger charge is 2.17. The van der Waals surface area contributed by atoms with Crippen LogP contribution in [0.25, 0.3) is 0 Å². The van der Waals surface area contributed by atoms with Crippen molar-refractivity contribution in [2.75, 3.05) is 29.5 Å². The summed E-state index contributed by atoms with van der Waals surface area (Å²) in [6.45, 7) is 3.85. The largest absolute Gasteiger partial charge is 0.389 e. The number of aliphatic hydroxyl groups excluding tert-OH is 1. The molecule has 0 bridgehead atoms. The lowest BCUT2D eigenvalue weighted by atomic mass is 10.1. The van der Waals surface area contributed by atoms with Crippen LogP contribution in [0.4, 0.5) is 5.82 Å². The fourth-order valence-electron chi connectivity index (χ4n) is 1.77. The van der Waals surface area contributed by atoms with E-state index in [-0.39, 0.29) is 0 Å². The van der Waals surface area contributed by atoms with Crippen LogP contribution in [0.5, 0.6) is 0 Å². The Morgan fingerprint density at radius 1 is 1.47 bits per heavy atom. The van der Waals surface area contributed by atoms with Gasteiger partial charge in [-0.15, -0.1) is 0 Å². The molecule has 1 fully saturated rings. The van der Waals surface area contributed by atoms with Crippen molar-refractivity contribution >= 4 is 17.6 Å². The van der Waals surface area contributed by atoms with Gasteiger partial charge in [0.05, 0.1) is 6.10 Å². The molecule has 3 nitrogen and oxygen atoms in total. The Morgan fingerprint density at radius 2 is 2.20 bits per heavy atom. The lowest BCUT2D eigenvalue weighted by Crippen LogP contribution is -2.34. The number of aliphatic hydroxyl groups is 1. The Balaban J connectivity index is 2.25. The topological polar surface area (TPSA) is 36.4 Å². The standard InChI is InChI=1S/C11H16N2OS/c1-9(14)10-3-2-4-12-11(10)13-5-7-15-8-6-13/h2-4,9,14H,5-8H2,1H3. The third-order valence-corrected chi connectivity index (χ3v) is 3.52. The zero-order valence-corrected chi connectivity index (χ0v) is 9.70. The number of hydrogen-bond donors (Lipinski definition) is 1. The molecule has 1 saturated heterocycles. The fourth-order valence-corrected chi connectivity index (χ4v) is 2.68. The summed E-state index contributed by atoms with van der Waals surface area (Å²) in [6.07, 6.45) is 1.35. The maximum Gasteiger partial charge on any atom is 0.134 e. The van der Waals surface area contributed by atoms with Crippen LogP contribution in [0.15, 0.2) is 18.3 Å². The molecule has 1 aromatic rings. The molecule has 0 spiro atoms. The van der Waals surface area contributed by atoms with Gasteiger partial charge in [0.25, 0.3) is 0 Å². The Labute approximate surface area is 94.5 Å². The molecule has 2 heterocycles. The monoisotopic (exact) mass is 224 g/mol. The van der Waals surface area contributed by atoms with Crippen molar-refractivity contribution in [1.29, 1.82) is 0 Å². The van der Waals surface area contributed by atoms with Gasteiger partial charge in [0.15, 0.2) is 0 Å². The van der Waals surface area contributed by atoms with Crippen LogP contribution in [-0.4, -0.2) is 34.7 Å². The molecular formula is C11H16N2OS. The minimum atomic E-state index is -0.441. The minimum absolute atomic E-state index is 0.441. The van der Waals surface area contributed by atoms with Crippen LogP contribution in [0.3, 0.4) is 0 Å². The van der Waals surface area contributed by atoms with Crippen molar-refractivity contribution in [1.82, 2.24) is 4.98 Å². The van der Waals surface area contributed by atoms with Crippen LogP contribution in [0.1, 0.15) is 18.6 Å². The van der Waals surface area contributed by atoms with E-state index in [1.54, 1.807) is 13.1 Å².